The van der Waals surface area contributed by atoms with Gasteiger partial charge in [0.2, 0.25) is 0 Å². The Morgan fingerprint density at radius 1 is 1.22 bits per heavy atom. The highest BCUT2D eigenvalue weighted by Gasteiger charge is 2.23. The van der Waals surface area contributed by atoms with Crippen molar-refractivity contribution in [3.05, 3.63) is 46.8 Å². The minimum absolute atomic E-state index is 0.0100. The van der Waals surface area contributed by atoms with E-state index in [-0.39, 0.29) is 39.3 Å². The molecule has 3 aromatic rings. The largest absolute Gasteiger partial charge is 0.507 e. The summed E-state index contributed by atoms with van der Waals surface area (Å²) >= 11 is 0. The Hall–Kier alpha value is -2.96. The minimum Gasteiger partial charge on any atom is -0.507 e. The van der Waals surface area contributed by atoms with E-state index in [4.69, 9.17) is 5.73 Å². The molecule has 1 aromatic carbocycles. The van der Waals surface area contributed by atoms with Gasteiger partial charge < -0.3 is 10.8 Å². The number of hydrogen-bond acceptors (Lipinski definition) is 4. The number of pyridine rings is 1. The van der Waals surface area contributed by atoms with Gasteiger partial charge >= 0.3 is 0 Å². The summed E-state index contributed by atoms with van der Waals surface area (Å²) in [5.41, 5.74) is 6.77. The Morgan fingerprint density at radius 2 is 1.91 bits per heavy atom. The molecule has 0 spiro atoms. The van der Waals surface area contributed by atoms with Crippen molar-refractivity contribution in [2.75, 3.05) is 5.73 Å². The summed E-state index contributed by atoms with van der Waals surface area (Å²) in [7, 11) is 0. The van der Waals surface area contributed by atoms with E-state index in [1.54, 1.807) is 6.92 Å². The van der Waals surface area contributed by atoms with E-state index in [2.05, 4.69) is 4.98 Å². The van der Waals surface area contributed by atoms with Gasteiger partial charge in [0.05, 0.1) is 23.0 Å². The summed E-state index contributed by atoms with van der Waals surface area (Å²) in [5, 5.41) is 10.1. The van der Waals surface area contributed by atoms with Crippen LogP contribution in [-0.2, 0) is 0 Å². The van der Waals surface area contributed by atoms with E-state index in [0.717, 1.165) is 12.3 Å². The number of phenols is 1. The number of anilines is 1. The summed E-state index contributed by atoms with van der Waals surface area (Å²) in [6, 6.07) is 0.981. The molecule has 0 aliphatic carbocycles. The van der Waals surface area contributed by atoms with E-state index in [0.29, 0.717) is 11.8 Å². The average Bonchev–Trinajstić information content (AvgIpc) is 2.79. The number of aromatic hydroxyl groups is 1. The Balaban J connectivity index is 2.57. The van der Waals surface area contributed by atoms with Crippen LogP contribution < -0.4 is 5.73 Å². The smallest absolute Gasteiger partial charge is 0.166 e. The topological polar surface area (TPSA) is 81.1 Å². The molecule has 23 heavy (non-hydrogen) atoms. The van der Waals surface area contributed by atoms with Gasteiger partial charge in [0.25, 0.3) is 0 Å². The molecule has 7 heteroatoms. The van der Waals surface area contributed by atoms with Crippen molar-refractivity contribution in [1.82, 2.24) is 9.55 Å². The van der Waals surface area contributed by atoms with Gasteiger partial charge in [-0.3, -0.25) is 14.3 Å². The fourth-order valence-corrected chi connectivity index (χ4v) is 2.78. The highest BCUT2D eigenvalue weighted by atomic mass is 19.1. The van der Waals surface area contributed by atoms with Crippen molar-refractivity contribution in [2.24, 2.45) is 0 Å². The first kappa shape index (κ1) is 15.0. The van der Waals surface area contributed by atoms with Crippen LogP contribution in [0.5, 0.6) is 5.75 Å². The van der Waals surface area contributed by atoms with E-state index >= 15 is 0 Å². The quantitative estimate of drug-likeness (QED) is 0.712. The van der Waals surface area contributed by atoms with Crippen LogP contribution in [0, 0.1) is 25.5 Å². The first-order valence-corrected chi connectivity index (χ1v) is 6.76. The molecule has 0 aliphatic heterocycles. The molecule has 0 aliphatic rings. The summed E-state index contributed by atoms with van der Waals surface area (Å²) in [6.45, 7) is 3.05. The molecule has 2 heterocycles. The van der Waals surface area contributed by atoms with Crippen molar-refractivity contribution in [3.63, 3.8) is 0 Å². The van der Waals surface area contributed by atoms with Crippen molar-refractivity contribution in [1.29, 1.82) is 0 Å². The number of carbonyl (C=O) groups excluding carboxylic acids is 1. The van der Waals surface area contributed by atoms with Gasteiger partial charge in [-0.05, 0) is 13.8 Å². The number of halogens is 2. The van der Waals surface area contributed by atoms with Crippen molar-refractivity contribution >= 4 is 23.0 Å². The molecule has 0 bridgehead atoms. The second-order valence-corrected chi connectivity index (χ2v) is 5.25. The molecule has 5 nitrogen and oxygen atoms in total. The third-order valence-electron chi connectivity index (χ3n) is 3.96. The maximum Gasteiger partial charge on any atom is 0.166 e. The number of benzene rings is 1. The number of rotatable bonds is 2. The third-order valence-corrected chi connectivity index (χ3v) is 3.96. The van der Waals surface area contributed by atoms with Crippen LogP contribution in [0.3, 0.4) is 0 Å². The lowest BCUT2D eigenvalue weighted by atomic mass is 10.1. The molecule has 0 atom stereocenters. The number of aldehydes is 1. The van der Waals surface area contributed by atoms with E-state index in [9.17, 15) is 18.7 Å². The minimum atomic E-state index is -0.704. The van der Waals surface area contributed by atoms with Gasteiger partial charge in [0.1, 0.15) is 17.4 Å². The number of nitrogens with zero attached hydrogens (tertiary/aromatic N) is 2. The first-order valence-electron chi connectivity index (χ1n) is 6.76. The molecule has 3 rings (SSSR count). The monoisotopic (exact) mass is 317 g/mol. The first-order chi connectivity index (χ1) is 10.9. The molecule has 0 saturated heterocycles. The average molecular weight is 317 g/mol. The normalized spacial score (nSPS) is 11.1. The van der Waals surface area contributed by atoms with Crippen molar-refractivity contribution in [2.45, 2.75) is 13.8 Å². The Labute approximate surface area is 130 Å². The second kappa shape index (κ2) is 5.05. The number of carbonyl (C=O) groups is 1. The molecule has 3 N–H and O–H groups in total. The predicted octanol–water partition coefficient (Wildman–Crippen LogP) is 3.02. The Kier molecular flexibility index (Phi) is 3.28. The van der Waals surface area contributed by atoms with Crippen LogP contribution in [0.15, 0.2) is 18.5 Å². The van der Waals surface area contributed by atoms with Gasteiger partial charge in [-0.15, -0.1) is 0 Å². The van der Waals surface area contributed by atoms with Crippen molar-refractivity contribution < 1.29 is 18.7 Å². The summed E-state index contributed by atoms with van der Waals surface area (Å²) < 4.78 is 29.6. The van der Waals surface area contributed by atoms with Gasteiger partial charge in [-0.25, -0.2) is 8.78 Å². The zero-order valence-corrected chi connectivity index (χ0v) is 12.4. The summed E-state index contributed by atoms with van der Waals surface area (Å²) in [6.07, 6.45) is 2.80. The highest BCUT2D eigenvalue weighted by molar-refractivity contribution is 6.04. The molecule has 118 valence electrons. The van der Waals surface area contributed by atoms with Crippen molar-refractivity contribution in [3.8, 4) is 11.4 Å². The molecule has 0 amide bonds. The molecular formula is C16H13F2N3O2. The fraction of sp³-hybridized carbons (Fsp3) is 0.125. The van der Waals surface area contributed by atoms with Gasteiger partial charge in [0, 0.05) is 28.8 Å². The molecule has 0 fully saturated rings. The predicted molar refractivity (Wildman–Crippen MR) is 81.9 cm³/mol. The lowest BCUT2D eigenvalue weighted by molar-refractivity contribution is 0.112. The maximum atomic E-state index is 14.3. The lowest BCUT2D eigenvalue weighted by Gasteiger charge is -2.16. The highest BCUT2D eigenvalue weighted by Crippen LogP contribution is 2.37. The van der Waals surface area contributed by atoms with E-state index < -0.39 is 11.6 Å². The zero-order valence-electron chi connectivity index (χ0n) is 12.4. The van der Waals surface area contributed by atoms with Crippen LogP contribution in [-0.4, -0.2) is 20.9 Å². The molecule has 0 saturated carbocycles. The lowest BCUT2D eigenvalue weighted by Crippen LogP contribution is -2.07. The second-order valence-electron chi connectivity index (χ2n) is 5.25. The molecule has 2 aromatic heterocycles. The standard InChI is InChI=1S/C16H13F2N3O2/c1-7-11(17)3-13(23)8(2)14(7)21-15-9(4-20-5-12(15)18)10(6-22)16(21)19/h3-6,23H,19H2,1-2H3. The molecule has 0 unspecified atom stereocenters. The molecular weight excluding hydrogens is 304 g/mol. The van der Waals surface area contributed by atoms with E-state index in [1.165, 1.54) is 17.7 Å². The summed E-state index contributed by atoms with van der Waals surface area (Å²) in [4.78, 5) is 15.1. The number of nitrogens with two attached hydrogens (primary N) is 1. The summed E-state index contributed by atoms with van der Waals surface area (Å²) in [5.74, 6) is -1.69. The van der Waals surface area contributed by atoms with Crippen LogP contribution in [0.1, 0.15) is 21.5 Å². The van der Waals surface area contributed by atoms with Crippen LogP contribution in [0.25, 0.3) is 16.6 Å². The third kappa shape index (κ3) is 1.97. The number of aromatic nitrogens is 2. The van der Waals surface area contributed by atoms with Gasteiger partial charge in [-0.2, -0.15) is 0 Å². The van der Waals surface area contributed by atoms with Gasteiger partial charge in [0.15, 0.2) is 12.1 Å². The van der Waals surface area contributed by atoms with Gasteiger partial charge in [-0.1, -0.05) is 0 Å². The van der Waals surface area contributed by atoms with Crippen LogP contribution in [0.4, 0.5) is 14.6 Å². The number of fused-ring (bicyclic) bond motifs is 1. The zero-order chi connectivity index (χ0) is 16.9. The number of phenolic OH excluding ortho intramolecular Hbond substituents is 1. The maximum absolute atomic E-state index is 14.3. The SMILES string of the molecule is Cc1c(O)cc(F)c(C)c1-n1c(N)c(C=O)c2cncc(F)c21. The number of nitrogen functional groups attached to an aromatic ring is 1. The Bertz CT molecular complexity index is 938. The molecule has 0 radical (unpaired) electrons. The number of hydrogen-bond donors (Lipinski definition) is 2. The Morgan fingerprint density at radius 3 is 2.57 bits per heavy atom. The van der Waals surface area contributed by atoms with E-state index in [1.807, 2.05) is 0 Å². The fourth-order valence-electron chi connectivity index (χ4n) is 2.78. The van der Waals surface area contributed by atoms with Crippen LogP contribution >= 0.6 is 0 Å². The van der Waals surface area contributed by atoms with Crippen LogP contribution in [0.2, 0.25) is 0 Å².